The van der Waals surface area contributed by atoms with Gasteiger partial charge in [0.05, 0.1) is 12.7 Å². The number of nitrogens with one attached hydrogen (secondary N) is 1. The smallest absolute Gasteiger partial charge is 0.161 e. The van der Waals surface area contributed by atoms with Crippen molar-refractivity contribution in [1.29, 1.82) is 0 Å². The number of likely N-dealkylation sites (N-methyl/N-ethyl adjacent to an activating group) is 1. The molecule has 3 nitrogen and oxygen atoms in total. The first-order chi connectivity index (χ1) is 9.60. The van der Waals surface area contributed by atoms with E-state index in [1.165, 1.54) is 0 Å². The fourth-order valence-corrected chi connectivity index (χ4v) is 2.26. The van der Waals surface area contributed by atoms with Crippen molar-refractivity contribution >= 4 is 0 Å². The number of hydrogen-bond donors (Lipinski definition) is 1. The van der Waals surface area contributed by atoms with Crippen LogP contribution < -0.4 is 5.32 Å². The Morgan fingerprint density at radius 1 is 1.25 bits per heavy atom. The van der Waals surface area contributed by atoms with Crippen LogP contribution in [0.25, 0.3) is 0 Å². The molecule has 2 rings (SSSR count). The summed E-state index contributed by atoms with van der Waals surface area (Å²) < 4.78 is 44.8. The van der Waals surface area contributed by atoms with Crippen molar-refractivity contribution in [3.8, 4) is 0 Å². The average molecular weight is 288 g/mol. The average Bonchev–Trinajstić information content (AvgIpc) is 2.44. The number of halogens is 3. The molecule has 1 atom stereocenters. The zero-order valence-electron chi connectivity index (χ0n) is 11.5. The molecule has 0 aromatic heterocycles. The molecular formula is C14H19F3N2O. The van der Waals surface area contributed by atoms with E-state index in [1.807, 2.05) is 0 Å². The summed E-state index contributed by atoms with van der Waals surface area (Å²) in [4.78, 5) is 2.27. The normalized spacial score (nSPS) is 20.3. The SMILES string of the molecule is CCN1CCOC(CNCc2cc(F)c(F)cc2F)C1. The summed E-state index contributed by atoms with van der Waals surface area (Å²) in [6, 6.07) is 1.46. The highest BCUT2D eigenvalue weighted by Gasteiger charge is 2.19. The Labute approximate surface area is 116 Å². The van der Waals surface area contributed by atoms with Crippen molar-refractivity contribution in [1.82, 2.24) is 10.2 Å². The second-order valence-corrected chi connectivity index (χ2v) is 4.87. The van der Waals surface area contributed by atoms with Gasteiger partial charge in [-0.2, -0.15) is 0 Å². The van der Waals surface area contributed by atoms with Crippen LogP contribution in [0.1, 0.15) is 12.5 Å². The molecule has 0 aliphatic carbocycles. The minimum absolute atomic E-state index is 0.0389. The van der Waals surface area contributed by atoms with E-state index < -0.39 is 17.5 Å². The highest BCUT2D eigenvalue weighted by Crippen LogP contribution is 2.13. The van der Waals surface area contributed by atoms with Crippen molar-refractivity contribution in [2.24, 2.45) is 0 Å². The van der Waals surface area contributed by atoms with Gasteiger partial charge in [0.1, 0.15) is 5.82 Å². The maximum Gasteiger partial charge on any atom is 0.161 e. The summed E-state index contributed by atoms with van der Waals surface area (Å²) in [7, 11) is 0. The first-order valence-electron chi connectivity index (χ1n) is 6.78. The van der Waals surface area contributed by atoms with Crippen molar-refractivity contribution in [3.63, 3.8) is 0 Å². The van der Waals surface area contributed by atoms with Gasteiger partial charge in [-0.15, -0.1) is 0 Å². The molecule has 0 bridgehead atoms. The van der Waals surface area contributed by atoms with Crippen LogP contribution in [0.5, 0.6) is 0 Å². The highest BCUT2D eigenvalue weighted by molar-refractivity contribution is 5.19. The largest absolute Gasteiger partial charge is 0.374 e. The zero-order valence-corrected chi connectivity index (χ0v) is 11.5. The predicted molar refractivity (Wildman–Crippen MR) is 69.9 cm³/mol. The van der Waals surface area contributed by atoms with Gasteiger partial charge in [-0.1, -0.05) is 6.92 Å². The summed E-state index contributed by atoms with van der Waals surface area (Å²) in [5.41, 5.74) is 0.118. The van der Waals surface area contributed by atoms with E-state index in [4.69, 9.17) is 4.74 Å². The first kappa shape index (κ1) is 15.3. The standard InChI is InChI=1S/C14H19F3N2O/c1-2-19-3-4-20-11(9-19)8-18-7-10-5-13(16)14(17)6-12(10)15/h5-6,11,18H,2-4,7-9H2,1H3. The second kappa shape index (κ2) is 7.06. The monoisotopic (exact) mass is 288 g/mol. The van der Waals surface area contributed by atoms with Crippen molar-refractivity contribution in [3.05, 3.63) is 35.1 Å². The molecule has 0 saturated carbocycles. The number of nitrogens with zero attached hydrogens (tertiary/aromatic N) is 1. The van der Waals surface area contributed by atoms with Gasteiger partial charge in [-0.05, 0) is 12.6 Å². The number of rotatable bonds is 5. The molecule has 1 aromatic carbocycles. The van der Waals surface area contributed by atoms with E-state index in [9.17, 15) is 13.2 Å². The molecule has 112 valence electrons. The minimum Gasteiger partial charge on any atom is -0.374 e. The quantitative estimate of drug-likeness (QED) is 0.838. The molecule has 0 spiro atoms. The third-order valence-corrected chi connectivity index (χ3v) is 3.45. The Kier molecular flexibility index (Phi) is 5.39. The summed E-state index contributed by atoms with van der Waals surface area (Å²) in [5, 5.41) is 3.02. The summed E-state index contributed by atoms with van der Waals surface area (Å²) >= 11 is 0. The minimum atomic E-state index is -1.17. The molecule has 1 N–H and O–H groups in total. The van der Waals surface area contributed by atoms with Crippen LogP contribution in [0.4, 0.5) is 13.2 Å². The maximum absolute atomic E-state index is 13.4. The Bertz CT molecular complexity index is 456. The molecule has 1 unspecified atom stereocenters. The lowest BCUT2D eigenvalue weighted by atomic mass is 10.2. The Balaban J connectivity index is 1.82. The Morgan fingerprint density at radius 2 is 2.00 bits per heavy atom. The molecule has 1 aliphatic heterocycles. The third-order valence-electron chi connectivity index (χ3n) is 3.45. The van der Waals surface area contributed by atoms with Crippen molar-refractivity contribution in [2.75, 3.05) is 32.8 Å². The Hall–Kier alpha value is -1.11. The lowest BCUT2D eigenvalue weighted by molar-refractivity contribution is -0.0254. The fourth-order valence-electron chi connectivity index (χ4n) is 2.26. The highest BCUT2D eigenvalue weighted by atomic mass is 19.2. The molecule has 0 radical (unpaired) electrons. The molecule has 1 aromatic rings. The molecule has 20 heavy (non-hydrogen) atoms. The summed E-state index contributed by atoms with van der Waals surface area (Å²) in [5.74, 6) is -2.94. The summed E-state index contributed by atoms with van der Waals surface area (Å²) in [6.07, 6.45) is 0.0389. The van der Waals surface area contributed by atoms with Gasteiger partial charge >= 0.3 is 0 Å². The molecular weight excluding hydrogens is 269 g/mol. The van der Waals surface area contributed by atoms with Crippen LogP contribution >= 0.6 is 0 Å². The number of hydrogen-bond acceptors (Lipinski definition) is 3. The molecule has 1 heterocycles. The van der Waals surface area contributed by atoms with E-state index in [0.717, 1.165) is 25.7 Å². The van der Waals surface area contributed by atoms with Crippen molar-refractivity contribution < 1.29 is 17.9 Å². The van der Waals surface area contributed by atoms with Crippen LogP contribution in [0.3, 0.4) is 0 Å². The van der Waals surface area contributed by atoms with E-state index in [1.54, 1.807) is 0 Å². The predicted octanol–water partition coefficient (Wildman–Crippen LogP) is 1.91. The van der Waals surface area contributed by atoms with Gasteiger partial charge in [0.25, 0.3) is 0 Å². The van der Waals surface area contributed by atoms with Crippen LogP contribution in [0, 0.1) is 17.5 Å². The lowest BCUT2D eigenvalue weighted by Crippen LogP contribution is -2.46. The number of morpholine rings is 1. The van der Waals surface area contributed by atoms with Gasteiger partial charge in [0.2, 0.25) is 0 Å². The van der Waals surface area contributed by atoms with Gasteiger partial charge in [0, 0.05) is 37.8 Å². The van der Waals surface area contributed by atoms with Crippen LogP contribution in [-0.2, 0) is 11.3 Å². The van der Waals surface area contributed by atoms with Crippen molar-refractivity contribution in [2.45, 2.75) is 19.6 Å². The number of ether oxygens (including phenoxy) is 1. The summed E-state index contributed by atoms with van der Waals surface area (Å²) in [6.45, 7) is 6.18. The fraction of sp³-hybridized carbons (Fsp3) is 0.571. The van der Waals surface area contributed by atoms with E-state index in [0.29, 0.717) is 19.2 Å². The van der Waals surface area contributed by atoms with Gasteiger partial charge in [0.15, 0.2) is 11.6 Å². The van der Waals surface area contributed by atoms with Crippen LogP contribution in [0.15, 0.2) is 12.1 Å². The molecule has 0 amide bonds. The van der Waals surface area contributed by atoms with E-state index >= 15 is 0 Å². The van der Waals surface area contributed by atoms with Gasteiger partial charge < -0.3 is 10.1 Å². The third kappa shape index (κ3) is 3.94. The van der Waals surface area contributed by atoms with Crippen LogP contribution in [-0.4, -0.2) is 43.8 Å². The molecule has 1 aliphatic rings. The molecule has 1 fully saturated rings. The number of benzene rings is 1. The topological polar surface area (TPSA) is 24.5 Å². The van der Waals surface area contributed by atoms with Crippen LogP contribution in [0.2, 0.25) is 0 Å². The second-order valence-electron chi connectivity index (χ2n) is 4.87. The molecule has 6 heteroatoms. The van der Waals surface area contributed by atoms with Gasteiger partial charge in [-0.25, -0.2) is 13.2 Å². The Morgan fingerprint density at radius 3 is 2.75 bits per heavy atom. The zero-order chi connectivity index (χ0) is 14.5. The maximum atomic E-state index is 13.4. The molecule has 1 saturated heterocycles. The lowest BCUT2D eigenvalue weighted by Gasteiger charge is -2.32. The van der Waals surface area contributed by atoms with E-state index in [-0.39, 0.29) is 18.2 Å². The van der Waals surface area contributed by atoms with Gasteiger partial charge in [-0.3, -0.25) is 4.90 Å². The first-order valence-corrected chi connectivity index (χ1v) is 6.78. The van der Waals surface area contributed by atoms with E-state index in [2.05, 4.69) is 17.1 Å².